The first-order valence-corrected chi connectivity index (χ1v) is 6.69. The Labute approximate surface area is 126 Å². The summed E-state index contributed by atoms with van der Waals surface area (Å²) in [4.78, 5) is 13.0. The normalized spacial score (nSPS) is 12.6. The number of hydrogen-bond donors (Lipinski definition) is 2. The van der Waals surface area contributed by atoms with Crippen LogP contribution in [-0.4, -0.2) is 48.6 Å². The van der Waals surface area contributed by atoms with E-state index in [0.29, 0.717) is 13.0 Å². The van der Waals surface area contributed by atoms with Crippen LogP contribution in [0.1, 0.15) is 12.5 Å². The minimum Gasteiger partial charge on any atom is -0.406 e. The van der Waals surface area contributed by atoms with E-state index in [4.69, 9.17) is 5.11 Å². The predicted octanol–water partition coefficient (Wildman–Crippen LogP) is 2.15. The third-order valence-electron chi connectivity index (χ3n) is 2.73. The van der Waals surface area contributed by atoms with Crippen LogP contribution in [0.4, 0.5) is 18.0 Å². The molecule has 0 saturated carbocycles. The van der Waals surface area contributed by atoms with Crippen molar-refractivity contribution < 1.29 is 27.8 Å². The van der Waals surface area contributed by atoms with Gasteiger partial charge in [0.05, 0.1) is 6.10 Å². The third kappa shape index (κ3) is 7.16. The molecule has 0 aliphatic rings. The van der Waals surface area contributed by atoms with Crippen molar-refractivity contribution in [1.82, 2.24) is 10.2 Å². The number of urea groups is 1. The molecular weight excluding hydrogens is 301 g/mol. The number of benzene rings is 1. The molecule has 1 atom stereocenters. The maximum absolute atomic E-state index is 12.0. The van der Waals surface area contributed by atoms with Crippen molar-refractivity contribution in [2.75, 3.05) is 20.1 Å². The Hall–Kier alpha value is -1.96. The van der Waals surface area contributed by atoms with Crippen LogP contribution >= 0.6 is 0 Å². The summed E-state index contributed by atoms with van der Waals surface area (Å²) in [7, 11) is 1.56. The van der Waals surface area contributed by atoms with Crippen molar-refractivity contribution >= 4 is 6.03 Å². The van der Waals surface area contributed by atoms with E-state index in [9.17, 15) is 18.0 Å². The van der Waals surface area contributed by atoms with Crippen LogP contribution in [0.15, 0.2) is 24.3 Å². The average molecular weight is 320 g/mol. The van der Waals surface area contributed by atoms with Crippen LogP contribution < -0.4 is 10.1 Å². The molecule has 5 nitrogen and oxygen atoms in total. The van der Waals surface area contributed by atoms with E-state index in [2.05, 4.69) is 10.1 Å². The molecule has 0 heterocycles. The molecule has 2 amide bonds. The first kappa shape index (κ1) is 18.1. The van der Waals surface area contributed by atoms with E-state index < -0.39 is 12.5 Å². The minimum atomic E-state index is -4.70. The topological polar surface area (TPSA) is 61.8 Å². The standard InChI is InChI=1S/C14H19F3N2O3/c1-10(20)9-19(2)13(21)18-8-7-11-3-5-12(6-4-11)22-14(15,16)17/h3-6,10,20H,7-9H2,1-2H3,(H,18,21). The van der Waals surface area contributed by atoms with Gasteiger partial charge in [-0.3, -0.25) is 0 Å². The lowest BCUT2D eigenvalue weighted by molar-refractivity contribution is -0.274. The summed E-state index contributed by atoms with van der Waals surface area (Å²) < 4.78 is 39.8. The molecule has 22 heavy (non-hydrogen) atoms. The number of alkyl halides is 3. The third-order valence-corrected chi connectivity index (χ3v) is 2.73. The number of carbonyl (C=O) groups is 1. The Balaban J connectivity index is 2.38. The highest BCUT2D eigenvalue weighted by Gasteiger charge is 2.30. The Morgan fingerprint density at radius 2 is 1.95 bits per heavy atom. The molecular formula is C14H19F3N2O3. The van der Waals surface area contributed by atoms with Gasteiger partial charge in [-0.1, -0.05) is 12.1 Å². The second kappa shape index (κ2) is 7.88. The van der Waals surface area contributed by atoms with Gasteiger partial charge >= 0.3 is 12.4 Å². The number of nitrogens with zero attached hydrogens (tertiary/aromatic N) is 1. The summed E-state index contributed by atoms with van der Waals surface area (Å²) in [6, 6.07) is 5.14. The molecule has 0 radical (unpaired) electrons. The van der Waals surface area contributed by atoms with E-state index in [1.807, 2.05) is 0 Å². The molecule has 124 valence electrons. The Morgan fingerprint density at radius 1 is 1.36 bits per heavy atom. The van der Waals surface area contributed by atoms with Crippen molar-refractivity contribution in [2.24, 2.45) is 0 Å². The summed E-state index contributed by atoms with van der Waals surface area (Å²) >= 11 is 0. The van der Waals surface area contributed by atoms with Gasteiger partial charge < -0.3 is 20.1 Å². The van der Waals surface area contributed by atoms with Gasteiger partial charge in [0.25, 0.3) is 0 Å². The van der Waals surface area contributed by atoms with E-state index >= 15 is 0 Å². The highest BCUT2D eigenvalue weighted by atomic mass is 19.4. The Morgan fingerprint density at radius 3 is 2.45 bits per heavy atom. The summed E-state index contributed by atoms with van der Waals surface area (Å²) in [5.74, 6) is -0.281. The van der Waals surface area contributed by atoms with Gasteiger partial charge in [0.2, 0.25) is 0 Å². The van der Waals surface area contributed by atoms with Crippen LogP contribution in [0.3, 0.4) is 0 Å². The molecule has 0 fully saturated rings. The second-order valence-electron chi connectivity index (χ2n) is 4.90. The van der Waals surface area contributed by atoms with Gasteiger partial charge in [-0.05, 0) is 31.0 Å². The van der Waals surface area contributed by atoms with Crippen LogP contribution in [0.2, 0.25) is 0 Å². The molecule has 2 N–H and O–H groups in total. The molecule has 1 aromatic rings. The molecule has 0 spiro atoms. The van der Waals surface area contributed by atoms with Gasteiger partial charge in [-0.2, -0.15) is 0 Å². The van der Waals surface area contributed by atoms with E-state index in [0.717, 1.165) is 5.56 Å². The lowest BCUT2D eigenvalue weighted by atomic mass is 10.1. The summed E-state index contributed by atoms with van der Waals surface area (Å²) in [6.45, 7) is 2.13. The fourth-order valence-electron chi connectivity index (χ4n) is 1.79. The molecule has 0 aliphatic carbocycles. The van der Waals surface area contributed by atoms with Crippen molar-refractivity contribution in [1.29, 1.82) is 0 Å². The fourth-order valence-corrected chi connectivity index (χ4v) is 1.79. The zero-order chi connectivity index (χ0) is 16.8. The first-order valence-electron chi connectivity index (χ1n) is 6.69. The number of ether oxygens (including phenoxy) is 1. The van der Waals surface area contributed by atoms with Gasteiger partial charge in [0.15, 0.2) is 0 Å². The lowest BCUT2D eigenvalue weighted by Crippen LogP contribution is -2.41. The smallest absolute Gasteiger partial charge is 0.406 e. The summed E-state index contributed by atoms with van der Waals surface area (Å²) in [5.41, 5.74) is 0.771. The molecule has 8 heteroatoms. The van der Waals surface area contributed by atoms with Crippen LogP contribution in [-0.2, 0) is 6.42 Å². The number of nitrogens with one attached hydrogen (secondary N) is 1. The monoisotopic (exact) mass is 320 g/mol. The number of aliphatic hydroxyl groups is 1. The van der Waals surface area contributed by atoms with E-state index in [1.165, 1.54) is 29.2 Å². The SMILES string of the molecule is CC(O)CN(C)C(=O)NCCc1ccc(OC(F)(F)F)cc1. The van der Waals surface area contributed by atoms with Gasteiger partial charge in [-0.15, -0.1) is 13.2 Å². The van der Waals surface area contributed by atoms with Crippen molar-refractivity contribution in [3.63, 3.8) is 0 Å². The maximum Gasteiger partial charge on any atom is 0.573 e. The van der Waals surface area contributed by atoms with Crippen LogP contribution in [0.5, 0.6) is 5.75 Å². The molecule has 1 rings (SSSR count). The molecule has 0 bridgehead atoms. The first-order chi connectivity index (χ1) is 10.2. The Bertz CT molecular complexity index is 475. The van der Waals surface area contributed by atoms with Gasteiger partial charge in [0.1, 0.15) is 5.75 Å². The number of likely N-dealkylation sites (N-methyl/N-ethyl adjacent to an activating group) is 1. The zero-order valence-corrected chi connectivity index (χ0v) is 12.4. The van der Waals surface area contributed by atoms with Crippen LogP contribution in [0, 0.1) is 0 Å². The van der Waals surface area contributed by atoms with E-state index in [-0.39, 0.29) is 18.3 Å². The van der Waals surface area contributed by atoms with Gasteiger partial charge in [-0.25, -0.2) is 4.79 Å². The van der Waals surface area contributed by atoms with E-state index in [1.54, 1.807) is 14.0 Å². The molecule has 1 aromatic carbocycles. The summed E-state index contributed by atoms with van der Waals surface area (Å²) in [6.07, 6.45) is -4.85. The number of hydrogen-bond acceptors (Lipinski definition) is 3. The zero-order valence-electron chi connectivity index (χ0n) is 12.4. The molecule has 0 aromatic heterocycles. The number of rotatable bonds is 6. The highest BCUT2D eigenvalue weighted by Crippen LogP contribution is 2.22. The fraction of sp³-hybridized carbons (Fsp3) is 0.500. The number of halogens is 3. The van der Waals surface area contributed by atoms with Crippen LogP contribution in [0.25, 0.3) is 0 Å². The average Bonchev–Trinajstić information content (AvgIpc) is 2.38. The maximum atomic E-state index is 12.0. The number of carbonyl (C=O) groups excluding carboxylic acids is 1. The largest absolute Gasteiger partial charge is 0.573 e. The molecule has 0 aliphatic heterocycles. The minimum absolute atomic E-state index is 0.218. The predicted molar refractivity (Wildman–Crippen MR) is 74.5 cm³/mol. The molecule has 0 saturated heterocycles. The number of amides is 2. The van der Waals surface area contributed by atoms with Crippen molar-refractivity contribution in [2.45, 2.75) is 25.8 Å². The second-order valence-corrected chi connectivity index (χ2v) is 4.90. The summed E-state index contributed by atoms with van der Waals surface area (Å²) in [5, 5.41) is 11.8. The van der Waals surface area contributed by atoms with Crippen molar-refractivity contribution in [3.05, 3.63) is 29.8 Å². The quantitative estimate of drug-likeness (QED) is 0.844. The lowest BCUT2D eigenvalue weighted by Gasteiger charge is -2.19. The molecule has 1 unspecified atom stereocenters. The number of aliphatic hydroxyl groups excluding tert-OH is 1. The highest BCUT2D eigenvalue weighted by molar-refractivity contribution is 5.73. The van der Waals surface area contributed by atoms with Crippen molar-refractivity contribution in [3.8, 4) is 5.75 Å². The van der Waals surface area contributed by atoms with Gasteiger partial charge in [0, 0.05) is 20.1 Å². The Kier molecular flexibility index (Phi) is 6.48.